The Hall–Kier alpha value is -1.09. The second-order valence-electron chi connectivity index (χ2n) is 2.89. The van der Waals surface area contributed by atoms with E-state index in [1.165, 1.54) is 5.56 Å². The van der Waals surface area contributed by atoms with Crippen LogP contribution in [0.15, 0.2) is 35.5 Å². The number of aromatic amines is 1. The fourth-order valence-corrected chi connectivity index (χ4v) is 1.93. The summed E-state index contributed by atoms with van der Waals surface area (Å²) in [5, 5.41) is 8.12. The predicted molar refractivity (Wildman–Crippen MR) is 57.7 cm³/mol. The van der Waals surface area contributed by atoms with Crippen LogP contribution in [0.2, 0.25) is 0 Å². The van der Waals surface area contributed by atoms with Crippen LogP contribution in [0.5, 0.6) is 0 Å². The van der Waals surface area contributed by atoms with Crippen LogP contribution in [0.25, 0.3) is 10.9 Å². The van der Waals surface area contributed by atoms with Gasteiger partial charge < -0.3 is 0 Å². The lowest BCUT2D eigenvalue weighted by Gasteiger charge is -1.99. The highest BCUT2D eigenvalue weighted by Crippen LogP contribution is 2.22. The third-order valence-electron chi connectivity index (χ3n) is 1.96. The second kappa shape index (κ2) is 3.34. The van der Waals surface area contributed by atoms with Gasteiger partial charge in [0.25, 0.3) is 0 Å². The minimum atomic E-state index is 0.859. The molecule has 0 bridgehead atoms. The van der Waals surface area contributed by atoms with Gasteiger partial charge in [0, 0.05) is 9.86 Å². The van der Waals surface area contributed by atoms with Crippen molar-refractivity contribution in [2.75, 3.05) is 0 Å². The number of aromatic nitrogens is 2. The van der Waals surface area contributed by atoms with Crippen LogP contribution in [0.1, 0.15) is 5.56 Å². The molecule has 1 aromatic heterocycles. The molecule has 0 saturated carbocycles. The molecule has 2 aromatic rings. The van der Waals surface area contributed by atoms with E-state index in [0.29, 0.717) is 0 Å². The second-order valence-corrected chi connectivity index (χ2v) is 3.81. The molecule has 2 nitrogen and oxygen atoms in total. The van der Waals surface area contributed by atoms with Crippen LogP contribution in [-0.4, -0.2) is 10.2 Å². The number of benzene rings is 1. The summed E-state index contributed by atoms with van der Waals surface area (Å²) < 4.78 is 1.08. The Kier molecular flexibility index (Phi) is 2.19. The number of nitrogens with one attached hydrogen (secondary N) is 1. The standard InChI is InChI=1S/C10H9BrN2/c1-2-3-7-4-9(11)5-8-6-12-13-10(7)8/h2,4-6H,1,3H2,(H,12,13). The fourth-order valence-electron chi connectivity index (χ4n) is 1.41. The first kappa shape index (κ1) is 8.51. The van der Waals surface area contributed by atoms with Gasteiger partial charge in [-0.25, -0.2) is 0 Å². The van der Waals surface area contributed by atoms with E-state index in [0.717, 1.165) is 21.8 Å². The van der Waals surface area contributed by atoms with Gasteiger partial charge in [0.1, 0.15) is 0 Å². The van der Waals surface area contributed by atoms with E-state index < -0.39 is 0 Å². The molecule has 0 radical (unpaired) electrons. The molecule has 13 heavy (non-hydrogen) atoms. The molecule has 1 aromatic carbocycles. The van der Waals surface area contributed by atoms with E-state index in [-0.39, 0.29) is 0 Å². The van der Waals surface area contributed by atoms with Crippen LogP contribution in [0.3, 0.4) is 0 Å². The molecule has 0 amide bonds. The van der Waals surface area contributed by atoms with Crippen molar-refractivity contribution < 1.29 is 0 Å². The average Bonchev–Trinajstić information content (AvgIpc) is 2.52. The van der Waals surface area contributed by atoms with Crippen molar-refractivity contribution in [3.8, 4) is 0 Å². The van der Waals surface area contributed by atoms with Crippen molar-refractivity contribution in [1.29, 1.82) is 0 Å². The molecule has 0 unspecified atom stereocenters. The quantitative estimate of drug-likeness (QED) is 0.799. The van der Waals surface area contributed by atoms with E-state index in [1.54, 1.807) is 0 Å². The molecule has 1 heterocycles. The summed E-state index contributed by atoms with van der Waals surface area (Å²) in [6.45, 7) is 3.73. The van der Waals surface area contributed by atoms with Crippen LogP contribution in [-0.2, 0) is 6.42 Å². The molecular weight excluding hydrogens is 228 g/mol. The molecule has 0 saturated heterocycles. The Morgan fingerprint density at radius 3 is 3.15 bits per heavy atom. The molecular formula is C10H9BrN2. The van der Waals surface area contributed by atoms with Gasteiger partial charge in [-0.3, -0.25) is 5.10 Å². The molecule has 0 aliphatic rings. The minimum absolute atomic E-state index is 0.859. The van der Waals surface area contributed by atoms with Gasteiger partial charge in [0.15, 0.2) is 0 Å². The average molecular weight is 237 g/mol. The van der Waals surface area contributed by atoms with Gasteiger partial charge in [-0.05, 0) is 24.1 Å². The fraction of sp³-hybridized carbons (Fsp3) is 0.100. The number of hydrogen-bond donors (Lipinski definition) is 1. The van der Waals surface area contributed by atoms with Gasteiger partial charge in [-0.1, -0.05) is 22.0 Å². The van der Waals surface area contributed by atoms with Crippen molar-refractivity contribution >= 4 is 26.8 Å². The lowest BCUT2D eigenvalue weighted by Crippen LogP contribution is -1.84. The molecule has 0 fully saturated rings. The first-order valence-corrected chi connectivity index (χ1v) is 4.83. The Balaban J connectivity index is 2.69. The summed E-state index contributed by atoms with van der Waals surface area (Å²) in [5.41, 5.74) is 2.32. The maximum Gasteiger partial charge on any atom is 0.0686 e. The van der Waals surface area contributed by atoms with Crippen molar-refractivity contribution in [3.05, 3.63) is 41.0 Å². The minimum Gasteiger partial charge on any atom is -0.278 e. The maximum atomic E-state index is 4.01. The number of allylic oxidation sites excluding steroid dienone is 1. The van der Waals surface area contributed by atoms with Crippen molar-refractivity contribution in [3.63, 3.8) is 0 Å². The highest BCUT2D eigenvalue weighted by molar-refractivity contribution is 9.10. The third-order valence-corrected chi connectivity index (χ3v) is 2.42. The molecule has 0 atom stereocenters. The Bertz CT molecular complexity index is 445. The molecule has 66 valence electrons. The number of rotatable bonds is 2. The van der Waals surface area contributed by atoms with E-state index in [2.05, 4.69) is 38.8 Å². The SMILES string of the molecule is C=CCc1cc(Br)cc2cn[nH]c12. The summed E-state index contributed by atoms with van der Waals surface area (Å²) in [4.78, 5) is 0. The third kappa shape index (κ3) is 1.52. The number of hydrogen-bond acceptors (Lipinski definition) is 1. The predicted octanol–water partition coefficient (Wildman–Crippen LogP) is 3.05. The number of H-pyrrole nitrogens is 1. The van der Waals surface area contributed by atoms with E-state index >= 15 is 0 Å². The normalized spacial score (nSPS) is 10.5. The largest absolute Gasteiger partial charge is 0.278 e. The topological polar surface area (TPSA) is 28.7 Å². The molecule has 0 aliphatic carbocycles. The number of nitrogens with zero attached hydrogens (tertiary/aromatic N) is 1. The number of fused-ring (bicyclic) bond motifs is 1. The lowest BCUT2D eigenvalue weighted by molar-refractivity contribution is 1.11. The zero-order valence-corrected chi connectivity index (χ0v) is 8.63. The van der Waals surface area contributed by atoms with E-state index in [4.69, 9.17) is 0 Å². The maximum absolute atomic E-state index is 4.01. The number of halogens is 1. The Labute approximate surface area is 84.8 Å². The van der Waals surface area contributed by atoms with Crippen LogP contribution in [0.4, 0.5) is 0 Å². The summed E-state index contributed by atoms with van der Waals surface area (Å²) >= 11 is 3.46. The molecule has 2 rings (SSSR count). The van der Waals surface area contributed by atoms with Crippen LogP contribution >= 0.6 is 15.9 Å². The molecule has 0 aliphatic heterocycles. The zero-order valence-electron chi connectivity index (χ0n) is 7.05. The van der Waals surface area contributed by atoms with Gasteiger partial charge in [-0.2, -0.15) is 5.10 Å². The molecule has 0 spiro atoms. The molecule has 1 N–H and O–H groups in total. The van der Waals surface area contributed by atoms with Crippen molar-refractivity contribution in [2.24, 2.45) is 0 Å². The smallest absolute Gasteiger partial charge is 0.0686 e. The van der Waals surface area contributed by atoms with E-state index in [1.807, 2.05) is 18.3 Å². The van der Waals surface area contributed by atoms with Gasteiger partial charge in [0.2, 0.25) is 0 Å². The summed E-state index contributed by atoms with van der Waals surface area (Å²) in [7, 11) is 0. The monoisotopic (exact) mass is 236 g/mol. The summed E-state index contributed by atoms with van der Waals surface area (Å²) in [5.74, 6) is 0. The van der Waals surface area contributed by atoms with Gasteiger partial charge in [-0.15, -0.1) is 6.58 Å². The van der Waals surface area contributed by atoms with Crippen LogP contribution in [0, 0.1) is 0 Å². The van der Waals surface area contributed by atoms with Crippen molar-refractivity contribution in [2.45, 2.75) is 6.42 Å². The lowest BCUT2D eigenvalue weighted by atomic mass is 10.1. The van der Waals surface area contributed by atoms with Gasteiger partial charge in [0.05, 0.1) is 11.7 Å². The highest BCUT2D eigenvalue weighted by atomic mass is 79.9. The zero-order chi connectivity index (χ0) is 9.26. The van der Waals surface area contributed by atoms with Gasteiger partial charge >= 0.3 is 0 Å². The van der Waals surface area contributed by atoms with Crippen LogP contribution < -0.4 is 0 Å². The van der Waals surface area contributed by atoms with Crippen molar-refractivity contribution in [1.82, 2.24) is 10.2 Å². The summed E-state index contributed by atoms with van der Waals surface area (Å²) in [6.07, 6.45) is 4.58. The van der Waals surface area contributed by atoms with E-state index in [9.17, 15) is 0 Å². The Morgan fingerprint density at radius 2 is 2.38 bits per heavy atom. The first-order chi connectivity index (χ1) is 6.31. The molecule has 3 heteroatoms. The Morgan fingerprint density at radius 1 is 1.54 bits per heavy atom. The first-order valence-electron chi connectivity index (χ1n) is 4.03. The summed E-state index contributed by atoms with van der Waals surface area (Å²) in [6, 6.07) is 4.13. The highest BCUT2D eigenvalue weighted by Gasteiger charge is 2.02.